The van der Waals surface area contributed by atoms with Gasteiger partial charge in [0.05, 0.1) is 12.1 Å². The molecule has 1 heterocycles. The topological polar surface area (TPSA) is 75.4 Å². The Labute approximate surface area is 239 Å². The summed E-state index contributed by atoms with van der Waals surface area (Å²) in [5.41, 5.74) is 17.3. The van der Waals surface area contributed by atoms with Gasteiger partial charge in [-0.15, -0.1) is 0 Å². The van der Waals surface area contributed by atoms with Crippen LogP contribution in [-0.2, 0) is 35.3 Å². The van der Waals surface area contributed by atoms with Gasteiger partial charge >= 0.3 is 0 Å². The van der Waals surface area contributed by atoms with Gasteiger partial charge in [-0.3, -0.25) is 9.59 Å². The molecule has 0 unspecified atom stereocenters. The Bertz CT molecular complexity index is 1360. The van der Waals surface area contributed by atoms with E-state index in [1.54, 1.807) is 0 Å². The van der Waals surface area contributed by atoms with E-state index in [9.17, 15) is 9.59 Å². The summed E-state index contributed by atoms with van der Waals surface area (Å²) in [4.78, 5) is 28.3. The number of rotatable bonds is 8. The zero-order valence-electron chi connectivity index (χ0n) is 24.4. The van der Waals surface area contributed by atoms with Crippen molar-refractivity contribution in [2.75, 3.05) is 11.4 Å². The molecule has 0 saturated heterocycles. The maximum Gasteiger partial charge on any atom is 0.237 e. The zero-order chi connectivity index (χ0) is 28.4. The number of anilines is 1. The van der Waals surface area contributed by atoms with Gasteiger partial charge in [0.25, 0.3) is 0 Å². The van der Waals surface area contributed by atoms with E-state index in [0.29, 0.717) is 31.7 Å². The van der Waals surface area contributed by atoms with Gasteiger partial charge in [-0.25, -0.2) is 0 Å². The molecule has 210 valence electrons. The number of nitrogens with one attached hydrogen (secondary N) is 1. The van der Waals surface area contributed by atoms with Crippen LogP contribution in [0.3, 0.4) is 0 Å². The summed E-state index contributed by atoms with van der Waals surface area (Å²) in [5.74, 6) is 0.578. The summed E-state index contributed by atoms with van der Waals surface area (Å²) in [6, 6.07) is 18.7. The van der Waals surface area contributed by atoms with E-state index in [0.717, 1.165) is 42.5 Å². The third-order valence-corrected chi connectivity index (χ3v) is 8.74. The first kappa shape index (κ1) is 28.1. The molecule has 3 N–H and O–H groups in total. The average molecular weight is 538 g/mol. The molecule has 0 bridgehead atoms. The molecular weight excluding hydrogens is 494 g/mol. The van der Waals surface area contributed by atoms with E-state index >= 15 is 0 Å². The van der Waals surface area contributed by atoms with Crippen LogP contribution in [0.25, 0.3) is 0 Å². The Kier molecular flexibility index (Phi) is 8.41. The molecule has 3 aromatic carbocycles. The van der Waals surface area contributed by atoms with E-state index in [-0.39, 0.29) is 17.9 Å². The molecule has 40 heavy (non-hydrogen) atoms. The van der Waals surface area contributed by atoms with Crippen LogP contribution in [0.1, 0.15) is 76.7 Å². The minimum Gasteiger partial charge on any atom is -0.348 e. The van der Waals surface area contributed by atoms with Crippen molar-refractivity contribution in [3.8, 4) is 0 Å². The average Bonchev–Trinajstić information content (AvgIpc) is 3.33. The Morgan fingerprint density at radius 1 is 1.00 bits per heavy atom. The van der Waals surface area contributed by atoms with Gasteiger partial charge in [0.1, 0.15) is 0 Å². The second-order valence-electron chi connectivity index (χ2n) is 12.0. The van der Waals surface area contributed by atoms with Crippen molar-refractivity contribution >= 4 is 17.5 Å². The molecule has 2 atom stereocenters. The fourth-order valence-corrected chi connectivity index (χ4v) is 6.80. The van der Waals surface area contributed by atoms with E-state index in [1.807, 2.05) is 11.8 Å². The third kappa shape index (κ3) is 6.00. The molecule has 5 heteroatoms. The number of carbonyl (C=O) groups is 2. The Balaban J connectivity index is 1.35. The number of hydrogen-bond acceptors (Lipinski definition) is 3. The summed E-state index contributed by atoms with van der Waals surface area (Å²) in [6.07, 6.45) is 5.71. The Morgan fingerprint density at radius 3 is 2.33 bits per heavy atom. The summed E-state index contributed by atoms with van der Waals surface area (Å²) >= 11 is 0. The molecule has 0 aromatic heterocycles. The van der Waals surface area contributed by atoms with Crippen LogP contribution in [0.2, 0.25) is 0 Å². The molecule has 1 aliphatic heterocycles. The quantitative estimate of drug-likeness (QED) is 0.379. The lowest BCUT2D eigenvalue weighted by Gasteiger charge is -2.35. The maximum absolute atomic E-state index is 13.4. The molecule has 0 radical (unpaired) electrons. The molecule has 1 aliphatic carbocycles. The molecule has 5 rings (SSSR count). The van der Waals surface area contributed by atoms with E-state index in [2.05, 4.69) is 80.7 Å². The number of nitrogens with two attached hydrogens (primary N) is 1. The van der Waals surface area contributed by atoms with Gasteiger partial charge in [-0.2, -0.15) is 0 Å². The lowest BCUT2D eigenvalue weighted by Crippen LogP contribution is -2.46. The van der Waals surface area contributed by atoms with Crippen molar-refractivity contribution in [1.29, 1.82) is 0 Å². The highest BCUT2D eigenvalue weighted by Crippen LogP contribution is 2.37. The van der Waals surface area contributed by atoms with Gasteiger partial charge in [0, 0.05) is 18.7 Å². The fraction of sp³-hybridized carbons (Fsp3) is 0.429. The minimum atomic E-state index is -0.636. The molecule has 3 aromatic rings. The molecular formula is C35H43N3O2. The van der Waals surface area contributed by atoms with Crippen molar-refractivity contribution in [1.82, 2.24) is 5.32 Å². The first-order valence-corrected chi connectivity index (χ1v) is 14.9. The molecule has 0 saturated carbocycles. The number of benzene rings is 3. The highest BCUT2D eigenvalue weighted by Gasteiger charge is 2.31. The number of hydrogen-bond donors (Lipinski definition) is 2. The molecule has 2 aliphatic rings. The van der Waals surface area contributed by atoms with Crippen LogP contribution < -0.4 is 16.0 Å². The van der Waals surface area contributed by atoms with Crippen LogP contribution in [-0.4, -0.2) is 24.4 Å². The maximum atomic E-state index is 13.4. The van der Waals surface area contributed by atoms with E-state index in [4.69, 9.17) is 5.73 Å². The van der Waals surface area contributed by atoms with Crippen LogP contribution in [0, 0.1) is 26.7 Å². The zero-order valence-corrected chi connectivity index (χ0v) is 24.4. The summed E-state index contributed by atoms with van der Waals surface area (Å²) in [6.45, 7) is 8.89. The lowest BCUT2D eigenvalue weighted by atomic mass is 9.89. The smallest absolute Gasteiger partial charge is 0.237 e. The van der Waals surface area contributed by atoms with Crippen LogP contribution in [0.15, 0.2) is 54.6 Å². The predicted octanol–water partition coefficient (Wildman–Crippen LogP) is 5.83. The second-order valence-corrected chi connectivity index (χ2v) is 12.0. The van der Waals surface area contributed by atoms with Gasteiger partial charge in [0.2, 0.25) is 11.8 Å². The first-order valence-electron chi connectivity index (χ1n) is 14.9. The number of carbonyl (C=O) groups excluding carboxylic acids is 2. The SMILES string of the molecule is CCCC(=O)N1CC[C@@H](NC(=O)[C@@H](N)Cc2c(C)cc(C)cc2C)c2cc(CC3Cc4ccccc4C3)ccc21. The van der Waals surface area contributed by atoms with Crippen molar-refractivity contribution in [3.05, 3.63) is 99.1 Å². The summed E-state index contributed by atoms with van der Waals surface area (Å²) in [7, 11) is 0. The monoisotopic (exact) mass is 537 g/mol. The normalized spacial score (nSPS) is 17.3. The number of nitrogens with zero attached hydrogens (tertiary/aromatic N) is 1. The van der Waals surface area contributed by atoms with Crippen molar-refractivity contribution < 1.29 is 9.59 Å². The number of amides is 2. The van der Waals surface area contributed by atoms with E-state index in [1.165, 1.54) is 33.4 Å². The van der Waals surface area contributed by atoms with Crippen LogP contribution in [0.4, 0.5) is 5.69 Å². The second kappa shape index (κ2) is 12.0. The van der Waals surface area contributed by atoms with Crippen molar-refractivity contribution in [3.63, 3.8) is 0 Å². The lowest BCUT2D eigenvalue weighted by molar-refractivity contribution is -0.123. The minimum absolute atomic E-state index is 0.139. The van der Waals surface area contributed by atoms with Crippen molar-refractivity contribution in [2.45, 2.75) is 84.7 Å². The molecule has 0 fully saturated rings. The molecule has 0 spiro atoms. The fourth-order valence-electron chi connectivity index (χ4n) is 6.80. The number of aryl methyl sites for hydroxylation is 3. The van der Waals surface area contributed by atoms with Gasteiger partial charge in [-0.05, 0) is 110 Å². The molecule has 2 amide bonds. The van der Waals surface area contributed by atoms with Gasteiger partial charge in [-0.1, -0.05) is 61.0 Å². The van der Waals surface area contributed by atoms with E-state index < -0.39 is 6.04 Å². The third-order valence-electron chi connectivity index (χ3n) is 8.74. The summed E-state index contributed by atoms with van der Waals surface area (Å²) < 4.78 is 0. The van der Waals surface area contributed by atoms with Crippen LogP contribution in [0.5, 0.6) is 0 Å². The first-order chi connectivity index (χ1) is 19.2. The largest absolute Gasteiger partial charge is 0.348 e. The Hall–Kier alpha value is -3.44. The highest BCUT2D eigenvalue weighted by atomic mass is 16.2. The molecule has 5 nitrogen and oxygen atoms in total. The van der Waals surface area contributed by atoms with Crippen molar-refractivity contribution in [2.24, 2.45) is 11.7 Å². The standard InChI is InChI=1S/C35H43N3O2/c1-5-8-34(39)38-14-13-32(37-35(40)31(36)21-29-23(3)15-22(2)16-24(29)4)30-20-25(11-12-33(30)38)17-26-18-27-9-6-7-10-28(27)19-26/h6-7,9-12,15-16,20,26,31-32H,5,8,13-14,17-19,21,36H2,1-4H3,(H,37,40)/t31-,32+/m0/s1. The van der Waals surface area contributed by atoms with Gasteiger partial charge in [0.15, 0.2) is 0 Å². The predicted molar refractivity (Wildman–Crippen MR) is 163 cm³/mol. The Morgan fingerprint density at radius 2 is 1.68 bits per heavy atom. The summed E-state index contributed by atoms with van der Waals surface area (Å²) in [5, 5.41) is 3.27. The number of fused-ring (bicyclic) bond motifs is 2. The van der Waals surface area contributed by atoms with Crippen LogP contribution >= 0.6 is 0 Å². The highest BCUT2D eigenvalue weighted by molar-refractivity contribution is 5.95. The van der Waals surface area contributed by atoms with Gasteiger partial charge < -0.3 is 16.0 Å².